The average Bonchev–Trinajstić information content (AvgIpc) is 2.82. The van der Waals surface area contributed by atoms with Crippen LogP contribution >= 0.6 is 0 Å². The largest absolute Gasteiger partial charge is 0.490 e. The van der Waals surface area contributed by atoms with Crippen LogP contribution in [0.25, 0.3) is 0 Å². The van der Waals surface area contributed by atoms with Crippen LogP contribution < -0.4 is 14.8 Å². The van der Waals surface area contributed by atoms with E-state index in [9.17, 15) is 9.59 Å². The number of aliphatic carboxylic acids is 1. The molecule has 1 atom stereocenters. The van der Waals surface area contributed by atoms with Gasteiger partial charge in [-0.2, -0.15) is 0 Å². The Labute approximate surface area is 185 Å². The van der Waals surface area contributed by atoms with Gasteiger partial charge in [0.25, 0.3) is 5.91 Å². The molecule has 0 aliphatic carbocycles. The minimum Gasteiger partial charge on any atom is -0.490 e. The number of hydrogen-bond donors (Lipinski definition) is 2. The van der Waals surface area contributed by atoms with Crippen LogP contribution in [0.15, 0.2) is 73.1 Å². The number of ether oxygens (including phenoxy) is 3. The van der Waals surface area contributed by atoms with Crippen LogP contribution in [0.5, 0.6) is 11.5 Å². The Morgan fingerprint density at radius 2 is 1.59 bits per heavy atom. The lowest BCUT2D eigenvalue weighted by atomic mass is 10.1. The predicted octanol–water partition coefficient (Wildman–Crippen LogP) is 3.43. The van der Waals surface area contributed by atoms with Gasteiger partial charge in [0.1, 0.15) is 24.7 Å². The molecule has 2 aromatic carbocycles. The van der Waals surface area contributed by atoms with Crippen molar-refractivity contribution in [1.82, 2.24) is 4.98 Å². The third-order valence-electron chi connectivity index (χ3n) is 4.56. The molecule has 1 heterocycles. The maximum atomic E-state index is 12.1. The molecule has 8 heteroatoms. The first kappa shape index (κ1) is 22.8. The Bertz CT molecular complexity index is 1010. The van der Waals surface area contributed by atoms with Gasteiger partial charge in [0.15, 0.2) is 6.10 Å². The molecule has 0 aliphatic rings. The Hall–Kier alpha value is -3.91. The maximum Gasteiger partial charge on any atom is 0.333 e. The van der Waals surface area contributed by atoms with Gasteiger partial charge in [-0.25, -0.2) is 4.79 Å². The second-order valence-corrected chi connectivity index (χ2v) is 6.83. The zero-order valence-corrected chi connectivity index (χ0v) is 17.6. The van der Waals surface area contributed by atoms with E-state index in [0.717, 1.165) is 5.56 Å². The highest BCUT2D eigenvalue weighted by Gasteiger charge is 2.16. The highest BCUT2D eigenvalue weighted by Crippen LogP contribution is 2.17. The summed E-state index contributed by atoms with van der Waals surface area (Å²) in [4.78, 5) is 27.1. The van der Waals surface area contributed by atoms with Gasteiger partial charge in [-0.05, 0) is 54.1 Å². The van der Waals surface area contributed by atoms with E-state index in [4.69, 9.17) is 19.3 Å². The SMILES string of the molecule is CO[C@@H](Cc1ccc(OCCOc2ccc(NC(=O)c3cccnc3)cc2)cc1)C(=O)O. The van der Waals surface area contributed by atoms with Crippen molar-refractivity contribution in [2.24, 2.45) is 0 Å². The second kappa shape index (κ2) is 11.5. The third-order valence-corrected chi connectivity index (χ3v) is 4.56. The molecule has 2 N–H and O–H groups in total. The number of rotatable bonds is 11. The van der Waals surface area contributed by atoms with E-state index in [0.29, 0.717) is 36.0 Å². The lowest BCUT2D eigenvalue weighted by Gasteiger charge is -2.12. The molecule has 0 saturated heterocycles. The van der Waals surface area contributed by atoms with Gasteiger partial charge in [0.2, 0.25) is 0 Å². The number of anilines is 1. The Morgan fingerprint density at radius 3 is 2.12 bits per heavy atom. The van der Waals surface area contributed by atoms with Crippen LogP contribution in [0.1, 0.15) is 15.9 Å². The number of methoxy groups -OCH3 is 1. The molecule has 0 saturated carbocycles. The van der Waals surface area contributed by atoms with Gasteiger partial charge in [-0.3, -0.25) is 9.78 Å². The molecular weight excluding hydrogens is 412 g/mol. The van der Waals surface area contributed by atoms with Crippen molar-refractivity contribution in [3.05, 3.63) is 84.2 Å². The fraction of sp³-hybridized carbons (Fsp3) is 0.208. The number of carboxylic acid groups (broad SMARTS) is 1. The summed E-state index contributed by atoms with van der Waals surface area (Å²) < 4.78 is 16.3. The number of carboxylic acids is 1. The molecule has 0 spiro atoms. The van der Waals surface area contributed by atoms with E-state index in [1.165, 1.54) is 13.3 Å². The fourth-order valence-electron chi connectivity index (χ4n) is 2.86. The fourth-order valence-corrected chi connectivity index (χ4v) is 2.86. The summed E-state index contributed by atoms with van der Waals surface area (Å²) in [5.74, 6) is 0.0958. The molecule has 166 valence electrons. The van der Waals surface area contributed by atoms with Crippen LogP contribution in [0, 0.1) is 0 Å². The number of nitrogens with zero attached hydrogens (tertiary/aromatic N) is 1. The molecule has 0 bridgehead atoms. The lowest BCUT2D eigenvalue weighted by molar-refractivity contribution is -0.148. The molecule has 0 aliphatic heterocycles. The van der Waals surface area contributed by atoms with Crippen molar-refractivity contribution in [2.75, 3.05) is 25.6 Å². The zero-order valence-electron chi connectivity index (χ0n) is 17.6. The van der Waals surface area contributed by atoms with Gasteiger partial charge in [0.05, 0.1) is 5.56 Å². The van der Waals surface area contributed by atoms with E-state index in [2.05, 4.69) is 10.3 Å². The van der Waals surface area contributed by atoms with Crippen molar-refractivity contribution in [1.29, 1.82) is 0 Å². The van der Waals surface area contributed by atoms with Gasteiger partial charge in [-0.15, -0.1) is 0 Å². The van der Waals surface area contributed by atoms with Gasteiger partial charge in [0, 0.05) is 31.6 Å². The number of amides is 1. The molecule has 32 heavy (non-hydrogen) atoms. The quantitative estimate of drug-likeness (QED) is 0.444. The first-order valence-electron chi connectivity index (χ1n) is 9.97. The number of pyridine rings is 1. The third kappa shape index (κ3) is 6.82. The van der Waals surface area contributed by atoms with Crippen LogP contribution in [0.2, 0.25) is 0 Å². The van der Waals surface area contributed by atoms with Crippen molar-refractivity contribution in [2.45, 2.75) is 12.5 Å². The Kier molecular flexibility index (Phi) is 8.16. The molecule has 3 rings (SSSR count). The number of nitrogens with one attached hydrogen (secondary N) is 1. The minimum atomic E-state index is -0.992. The van der Waals surface area contributed by atoms with Crippen LogP contribution in [-0.2, 0) is 16.0 Å². The van der Waals surface area contributed by atoms with Gasteiger partial charge >= 0.3 is 5.97 Å². The summed E-state index contributed by atoms with van der Waals surface area (Å²) in [6, 6.07) is 17.6. The van der Waals surface area contributed by atoms with Crippen molar-refractivity contribution in [3.63, 3.8) is 0 Å². The average molecular weight is 436 g/mol. The predicted molar refractivity (Wildman–Crippen MR) is 118 cm³/mol. The van der Waals surface area contributed by atoms with Gasteiger partial charge in [-0.1, -0.05) is 12.1 Å². The highest BCUT2D eigenvalue weighted by molar-refractivity contribution is 6.04. The summed E-state index contributed by atoms with van der Waals surface area (Å²) in [6.07, 6.45) is 2.53. The molecule has 0 unspecified atom stereocenters. The van der Waals surface area contributed by atoms with Crippen LogP contribution in [0.3, 0.4) is 0 Å². The highest BCUT2D eigenvalue weighted by atomic mass is 16.5. The van der Waals surface area contributed by atoms with Crippen LogP contribution in [0.4, 0.5) is 5.69 Å². The maximum absolute atomic E-state index is 12.1. The Balaban J connectivity index is 1.40. The number of carbonyl (C=O) groups excluding carboxylic acids is 1. The number of carbonyl (C=O) groups is 2. The summed E-state index contributed by atoms with van der Waals surface area (Å²) in [5, 5.41) is 11.8. The van der Waals surface area contributed by atoms with Crippen LogP contribution in [-0.4, -0.2) is 48.4 Å². The topological polar surface area (TPSA) is 107 Å². The first-order chi connectivity index (χ1) is 15.5. The number of benzene rings is 2. The summed E-state index contributed by atoms with van der Waals surface area (Å²) in [5.41, 5.74) is 1.98. The van der Waals surface area contributed by atoms with E-state index in [-0.39, 0.29) is 12.3 Å². The number of aromatic nitrogens is 1. The zero-order chi connectivity index (χ0) is 22.8. The molecular formula is C24H24N2O6. The molecule has 1 amide bonds. The lowest BCUT2D eigenvalue weighted by Crippen LogP contribution is -2.24. The monoisotopic (exact) mass is 436 g/mol. The van der Waals surface area contributed by atoms with Crippen molar-refractivity contribution in [3.8, 4) is 11.5 Å². The molecule has 3 aromatic rings. The second-order valence-electron chi connectivity index (χ2n) is 6.83. The summed E-state index contributed by atoms with van der Waals surface area (Å²) in [7, 11) is 1.38. The molecule has 8 nitrogen and oxygen atoms in total. The normalized spacial score (nSPS) is 11.4. The van der Waals surface area contributed by atoms with E-state index in [1.807, 2.05) is 12.1 Å². The first-order valence-corrected chi connectivity index (χ1v) is 9.97. The number of hydrogen-bond acceptors (Lipinski definition) is 6. The minimum absolute atomic E-state index is 0.230. The van der Waals surface area contributed by atoms with E-state index in [1.54, 1.807) is 54.7 Å². The molecule has 0 fully saturated rings. The Morgan fingerprint density at radius 1 is 0.969 bits per heavy atom. The van der Waals surface area contributed by atoms with E-state index >= 15 is 0 Å². The smallest absolute Gasteiger partial charge is 0.333 e. The molecule has 0 radical (unpaired) electrons. The standard InChI is InChI=1S/C24H24N2O6/c1-30-22(24(28)29)15-17-4-8-20(9-5-17)31-13-14-32-21-10-6-19(7-11-21)26-23(27)18-3-2-12-25-16-18/h2-12,16,22H,13-15H2,1H3,(H,26,27)(H,28,29)/t22-/m0/s1. The van der Waals surface area contributed by atoms with Gasteiger partial charge < -0.3 is 24.6 Å². The summed E-state index contributed by atoms with van der Waals surface area (Å²) >= 11 is 0. The van der Waals surface area contributed by atoms with E-state index < -0.39 is 12.1 Å². The molecule has 1 aromatic heterocycles. The summed E-state index contributed by atoms with van der Waals surface area (Å²) in [6.45, 7) is 0.683. The van der Waals surface area contributed by atoms with Crippen molar-refractivity contribution < 1.29 is 28.9 Å². The van der Waals surface area contributed by atoms with Crippen molar-refractivity contribution >= 4 is 17.6 Å².